The predicted molar refractivity (Wildman–Crippen MR) is 92.9 cm³/mol. The Morgan fingerprint density at radius 3 is 2.29 bits per heavy atom. The van der Waals surface area contributed by atoms with E-state index in [1.807, 2.05) is 58.0 Å². The molecule has 0 bridgehead atoms. The molecule has 2 aromatic rings. The fourth-order valence-corrected chi connectivity index (χ4v) is 2.52. The minimum absolute atomic E-state index is 0.262. The van der Waals surface area contributed by atoms with Crippen LogP contribution in [0.5, 0.6) is 5.75 Å². The Morgan fingerprint density at radius 1 is 0.958 bits per heavy atom. The summed E-state index contributed by atoms with van der Waals surface area (Å²) in [6, 6.07) is 14.0. The van der Waals surface area contributed by atoms with E-state index in [0.717, 1.165) is 11.0 Å². The molecule has 5 heteroatoms. The van der Waals surface area contributed by atoms with Crippen molar-refractivity contribution in [1.82, 2.24) is 0 Å². The van der Waals surface area contributed by atoms with Gasteiger partial charge in [0.15, 0.2) is 0 Å². The van der Waals surface area contributed by atoms with Crippen molar-refractivity contribution in [2.75, 3.05) is 0 Å². The molecule has 3 rings (SSSR count). The van der Waals surface area contributed by atoms with Crippen LogP contribution in [0.3, 0.4) is 0 Å². The molecule has 0 spiro atoms. The van der Waals surface area contributed by atoms with Gasteiger partial charge in [-0.15, -0.1) is 0 Å². The normalized spacial score (nSPS) is 18.6. The minimum atomic E-state index is -0.423. The molecule has 0 aliphatic carbocycles. The fraction of sp³-hybridized carbons (Fsp3) is 0.368. The van der Waals surface area contributed by atoms with E-state index in [1.165, 1.54) is 12.1 Å². The first-order valence-electron chi connectivity index (χ1n) is 8.10. The molecular formula is C19H22BFO3. The predicted octanol–water partition coefficient (Wildman–Crippen LogP) is 3.70. The van der Waals surface area contributed by atoms with E-state index in [9.17, 15) is 4.39 Å². The van der Waals surface area contributed by atoms with Crippen LogP contribution in [0.15, 0.2) is 48.5 Å². The molecule has 24 heavy (non-hydrogen) atoms. The quantitative estimate of drug-likeness (QED) is 0.801. The first-order chi connectivity index (χ1) is 11.3. The second-order valence-electron chi connectivity index (χ2n) is 7.08. The van der Waals surface area contributed by atoms with E-state index >= 15 is 0 Å². The minimum Gasteiger partial charge on any atom is -0.489 e. The summed E-state index contributed by atoms with van der Waals surface area (Å²) in [7, 11) is -0.423. The zero-order valence-corrected chi connectivity index (χ0v) is 14.5. The summed E-state index contributed by atoms with van der Waals surface area (Å²) in [6.45, 7) is 8.41. The molecule has 1 saturated heterocycles. The highest BCUT2D eigenvalue weighted by Crippen LogP contribution is 2.36. The average molecular weight is 328 g/mol. The molecular weight excluding hydrogens is 306 g/mol. The Labute approximate surface area is 142 Å². The lowest BCUT2D eigenvalue weighted by Crippen LogP contribution is -2.41. The van der Waals surface area contributed by atoms with E-state index in [1.54, 1.807) is 6.07 Å². The first kappa shape index (κ1) is 17.0. The van der Waals surface area contributed by atoms with Crippen molar-refractivity contribution in [1.29, 1.82) is 0 Å². The molecule has 0 atom stereocenters. The van der Waals surface area contributed by atoms with Crippen LogP contribution in [0.4, 0.5) is 4.39 Å². The first-order valence-corrected chi connectivity index (χ1v) is 8.10. The Morgan fingerprint density at radius 2 is 1.62 bits per heavy atom. The van der Waals surface area contributed by atoms with Crippen LogP contribution in [0.25, 0.3) is 0 Å². The van der Waals surface area contributed by atoms with Gasteiger partial charge in [0.25, 0.3) is 0 Å². The maximum absolute atomic E-state index is 13.2. The summed E-state index contributed by atoms with van der Waals surface area (Å²) < 4.78 is 31.1. The van der Waals surface area contributed by atoms with E-state index in [4.69, 9.17) is 14.0 Å². The summed E-state index contributed by atoms with van der Waals surface area (Å²) in [5.41, 5.74) is 0.938. The summed E-state index contributed by atoms with van der Waals surface area (Å²) in [4.78, 5) is 0. The highest BCUT2D eigenvalue weighted by atomic mass is 19.1. The van der Waals surface area contributed by atoms with E-state index in [-0.39, 0.29) is 17.0 Å². The second kappa shape index (κ2) is 6.23. The highest BCUT2D eigenvalue weighted by Gasteiger charge is 2.51. The zero-order valence-electron chi connectivity index (χ0n) is 14.5. The third-order valence-electron chi connectivity index (χ3n) is 4.68. The van der Waals surface area contributed by atoms with Crippen molar-refractivity contribution in [3.8, 4) is 5.75 Å². The smallest absolute Gasteiger partial charge is 0.489 e. The topological polar surface area (TPSA) is 27.7 Å². The van der Waals surface area contributed by atoms with Gasteiger partial charge in [-0.25, -0.2) is 4.39 Å². The van der Waals surface area contributed by atoms with Gasteiger partial charge in [-0.05, 0) is 63.0 Å². The van der Waals surface area contributed by atoms with Crippen molar-refractivity contribution in [3.63, 3.8) is 0 Å². The Bertz CT molecular complexity index is 714. The number of rotatable bonds is 4. The van der Waals surface area contributed by atoms with Gasteiger partial charge in [-0.3, -0.25) is 0 Å². The Balaban J connectivity index is 1.71. The second-order valence-corrected chi connectivity index (χ2v) is 7.08. The van der Waals surface area contributed by atoms with Crippen molar-refractivity contribution in [3.05, 3.63) is 59.9 Å². The largest absolute Gasteiger partial charge is 0.494 e. The van der Waals surface area contributed by atoms with Gasteiger partial charge < -0.3 is 14.0 Å². The van der Waals surface area contributed by atoms with Gasteiger partial charge in [-0.1, -0.05) is 24.3 Å². The highest BCUT2D eigenvalue weighted by molar-refractivity contribution is 6.62. The van der Waals surface area contributed by atoms with Crippen molar-refractivity contribution < 1.29 is 18.4 Å². The molecule has 0 amide bonds. The molecule has 0 N–H and O–H groups in total. The fourth-order valence-electron chi connectivity index (χ4n) is 2.52. The van der Waals surface area contributed by atoms with Gasteiger partial charge in [-0.2, -0.15) is 0 Å². The lowest BCUT2D eigenvalue weighted by molar-refractivity contribution is 0.00578. The molecule has 3 nitrogen and oxygen atoms in total. The average Bonchev–Trinajstić information content (AvgIpc) is 2.74. The van der Waals surface area contributed by atoms with Crippen molar-refractivity contribution in [2.24, 2.45) is 0 Å². The molecule has 1 heterocycles. The number of hydrogen-bond acceptors (Lipinski definition) is 3. The van der Waals surface area contributed by atoms with Crippen molar-refractivity contribution in [2.45, 2.75) is 45.5 Å². The SMILES string of the molecule is CC1(C)OB(c2cccc(OCc3cccc(F)c3)c2)OC1(C)C. The van der Waals surface area contributed by atoms with Crippen LogP contribution in [-0.4, -0.2) is 18.3 Å². The monoisotopic (exact) mass is 328 g/mol. The summed E-state index contributed by atoms with van der Waals surface area (Å²) in [6.07, 6.45) is 0. The Kier molecular flexibility index (Phi) is 4.41. The van der Waals surface area contributed by atoms with Gasteiger partial charge >= 0.3 is 7.12 Å². The molecule has 1 fully saturated rings. The lowest BCUT2D eigenvalue weighted by atomic mass is 9.79. The third-order valence-corrected chi connectivity index (χ3v) is 4.68. The summed E-state index contributed by atoms with van der Waals surface area (Å²) in [5, 5.41) is 0. The van der Waals surface area contributed by atoms with Crippen LogP contribution in [0.1, 0.15) is 33.3 Å². The van der Waals surface area contributed by atoms with E-state index in [0.29, 0.717) is 12.4 Å². The third kappa shape index (κ3) is 3.47. The van der Waals surface area contributed by atoms with Crippen LogP contribution in [0.2, 0.25) is 0 Å². The van der Waals surface area contributed by atoms with Gasteiger partial charge in [0, 0.05) is 0 Å². The van der Waals surface area contributed by atoms with Crippen LogP contribution in [-0.2, 0) is 15.9 Å². The Hall–Kier alpha value is -1.85. The van der Waals surface area contributed by atoms with Crippen LogP contribution < -0.4 is 10.2 Å². The maximum Gasteiger partial charge on any atom is 0.494 e. The van der Waals surface area contributed by atoms with Gasteiger partial charge in [0.05, 0.1) is 11.2 Å². The molecule has 1 aliphatic rings. The molecule has 2 aromatic carbocycles. The number of benzene rings is 2. The molecule has 0 saturated carbocycles. The van der Waals surface area contributed by atoms with Crippen LogP contribution >= 0.6 is 0 Å². The number of hydrogen-bond donors (Lipinski definition) is 0. The number of halogens is 1. The van der Waals surface area contributed by atoms with Gasteiger partial charge in [0.1, 0.15) is 18.2 Å². The number of ether oxygens (including phenoxy) is 1. The summed E-state index contributed by atoms with van der Waals surface area (Å²) in [5.74, 6) is 0.438. The van der Waals surface area contributed by atoms with E-state index in [2.05, 4.69) is 0 Å². The standard InChI is InChI=1S/C19H22BFO3/c1-18(2)19(3,4)24-20(23-18)15-8-6-10-17(12-15)22-13-14-7-5-9-16(21)11-14/h5-12H,13H2,1-4H3. The van der Waals surface area contributed by atoms with Crippen LogP contribution in [0, 0.1) is 5.82 Å². The molecule has 0 aromatic heterocycles. The van der Waals surface area contributed by atoms with Crippen molar-refractivity contribution >= 4 is 12.6 Å². The summed E-state index contributed by atoms with van der Waals surface area (Å²) >= 11 is 0. The molecule has 0 radical (unpaired) electrons. The van der Waals surface area contributed by atoms with E-state index < -0.39 is 7.12 Å². The zero-order chi connectivity index (χ0) is 17.4. The molecule has 0 unspecified atom stereocenters. The lowest BCUT2D eigenvalue weighted by Gasteiger charge is -2.32. The molecule has 126 valence electrons. The molecule has 1 aliphatic heterocycles. The maximum atomic E-state index is 13.2. The van der Waals surface area contributed by atoms with Gasteiger partial charge in [0.2, 0.25) is 0 Å².